The molecule has 1 aliphatic carbocycles. The minimum Gasteiger partial charge on any atom is -0.342 e. The Morgan fingerprint density at radius 2 is 1.61 bits per heavy atom. The number of hydrogen-bond acceptors (Lipinski definition) is 2. The quantitative estimate of drug-likeness (QED) is 0.416. The fourth-order valence-electron chi connectivity index (χ4n) is 5.15. The molecule has 0 atom stereocenters. The van der Waals surface area contributed by atoms with E-state index in [1.165, 1.54) is 6.07 Å². The highest BCUT2D eigenvalue weighted by Crippen LogP contribution is 2.44. The number of amides is 1. The Morgan fingerprint density at radius 3 is 2.24 bits per heavy atom. The average Bonchev–Trinajstić information content (AvgIpc) is 3.31. The highest BCUT2D eigenvalue weighted by atomic mass is 19.4. The van der Waals surface area contributed by atoms with Gasteiger partial charge in [-0.2, -0.15) is 13.2 Å². The number of hydrogen-bond donors (Lipinski definition) is 0. The molecule has 2 fully saturated rings. The lowest BCUT2D eigenvalue weighted by Gasteiger charge is -2.38. The SMILES string of the molecule is O=C(c1cc(F)ccc1F)C1CCN(C(=O)C2(c3cccc(C(F)(F)F)c3)CCCC2)CC1. The van der Waals surface area contributed by atoms with Crippen molar-refractivity contribution in [1.29, 1.82) is 0 Å². The highest BCUT2D eigenvalue weighted by molar-refractivity contribution is 5.98. The van der Waals surface area contributed by atoms with Crippen LogP contribution in [0.3, 0.4) is 0 Å². The highest BCUT2D eigenvalue weighted by Gasteiger charge is 2.46. The molecule has 1 heterocycles. The molecular formula is C25H24F5NO2. The number of rotatable bonds is 4. The number of halogens is 5. The van der Waals surface area contributed by atoms with Crippen LogP contribution in [-0.4, -0.2) is 29.7 Å². The lowest BCUT2D eigenvalue weighted by Crippen LogP contribution is -2.49. The maximum Gasteiger partial charge on any atom is 0.416 e. The average molecular weight is 465 g/mol. The molecule has 0 bridgehead atoms. The summed E-state index contributed by atoms with van der Waals surface area (Å²) in [4.78, 5) is 27.9. The topological polar surface area (TPSA) is 37.4 Å². The fourth-order valence-corrected chi connectivity index (χ4v) is 5.15. The molecule has 2 aromatic rings. The lowest BCUT2D eigenvalue weighted by atomic mass is 9.76. The summed E-state index contributed by atoms with van der Waals surface area (Å²) in [5.74, 6) is -2.74. The van der Waals surface area contributed by atoms with Gasteiger partial charge in [0.05, 0.1) is 16.5 Å². The maximum absolute atomic E-state index is 14.0. The van der Waals surface area contributed by atoms with Crippen LogP contribution in [0.1, 0.15) is 60.0 Å². The van der Waals surface area contributed by atoms with Crippen LogP contribution in [0.5, 0.6) is 0 Å². The van der Waals surface area contributed by atoms with E-state index in [4.69, 9.17) is 0 Å². The lowest BCUT2D eigenvalue weighted by molar-refractivity contribution is -0.140. The summed E-state index contributed by atoms with van der Waals surface area (Å²) < 4.78 is 67.3. The number of alkyl halides is 3. The van der Waals surface area contributed by atoms with Gasteiger partial charge >= 0.3 is 6.18 Å². The minimum atomic E-state index is -4.50. The normalized spacial score (nSPS) is 19.0. The largest absolute Gasteiger partial charge is 0.416 e. The van der Waals surface area contributed by atoms with E-state index in [1.54, 1.807) is 11.0 Å². The Kier molecular flexibility index (Phi) is 6.29. The van der Waals surface area contributed by atoms with E-state index in [0.29, 0.717) is 31.2 Å². The van der Waals surface area contributed by atoms with Gasteiger partial charge in [0.15, 0.2) is 5.78 Å². The van der Waals surface area contributed by atoms with Crippen LogP contribution in [0.4, 0.5) is 22.0 Å². The molecule has 4 rings (SSSR count). The molecule has 0 N–H and O–H groups in total. The third-order valence-electron chi connectivity index (χ3n) is 6.96. The molecule has 0 spiro atoms. The van der Waals surface area contributed by atoms with Crippen molar-refractivity contribution in [1.82, 2.24) is 4.90 Å². The van der Waals surface area contributed by atoms with Crippen LogP contribution >= 0.6 is 0 Å². The molecule has 1 aliphatic heterocycles. The summed E-state index contributed by atoms with van der Waals surface area (Å²) in [6.07, 6.45) is -1.48. The number of carbonyl (C=O) groups excluding carboxylic acids is 2. The van der Waals surface area contributed by atoms with E-state index in [1.807, 2.05) is 0 Å². The number of likely N-dealkylation sites (tertiary alicyclic amines) is 1. The first-order chi connectivity index (χ1) is 15.6. The van der Waals surface area contributed by atoms with Crippen LogP contribution in [0, 0.1) is 17.6 Å². The molecule has 2 aromatic carbocycles. The zero-order valence-corrected chi connectivity index (χ0v) is 17.9. The van der Waals surface area contributed by atoms with Gasteiger partial charge in [-0.05, 0) is 55.5 Å². The first-order valence-corrected chi connectivity index (χ1v) is 11.1. The van der Waals surface area contributed by atoms with E-state index in [2.05, 4.69) is 0 Å². The predicted octanol–water partition coefficient (Wildman–Crippen LogP) is 5.92. The zero-order chi connectivity index (χ0) is 23.8. The maximum atomic E-state index is 14.0. The van der Waals surface area contributed by atoms with Crippen LogP contribution in [0.2, 0.25) is 0 Å². The van der Waals surface area contributed by atoms with Crippen molar-refractivity contribution in [2.45, 2.75) is 50.1 Å². The van der Waals surface area contributed by atoms with Crippen molar-refractivity contribution in [3.8, 4) is 0 Å². The van der Waals surface area contributed by atoms with Crippen molar-refractivity contribution in [3.05, 3.63) is 70.8 Å². The van der Waals surface area contributed by atoms with Crippen molar-refractivity contribution in [3.63, 3.8) is 0 Å². The Balaban J connectivity index is 1.51. The Bertz CT molecular complexity index is 1050. The Morgan fingerprint density at radius 1 is 0.939 bits per heavy atom. The Hall–Kier alpha value is -2.77. The molecular weight excluding hydrogens is 441 g/mol. The van der Waals surface area contributed by atoms with Gasteiger partial charge in [0, 0.05) is 19.0 Å². The number of Topliss-reactive ketones (excluding diaryl/α,β-unsaturated/α-hetero) is 1. The second-order valence-corrected chi connectivity index (χ2v) is 8.92. The third kappa shape index (κ3) is 4.52. The molecule has 2 aliphatic rings. The molecule has 0 unspecified atom stereocenters. The molecule has 8 heteroatoms. The number of nitrogens with zero attached hydrogens (tertiary/aromatic N) is 1. The molecule has 1 saturated carbocycles. The number of benzene rings is 2. The van der Waals surface area contributed by atoms with Gasteiger partial charge in [0.1, 0.15) is 11.6 Å². The van der Waals surface area contributed by atoms with Crippen molar-refractivity contribution in [2.24, 2.45) is 5.92 Å². The van der Waals surface area contributed by atoms with E-state index < -0.39 is 40.5 Å². The zero-order valence-electron chi connectivity index (χ0n) is 17.9. The molecule has 3 nitrogen and oxygen atoms in total. The molecule has 1 amide bonds. The standard InChI is InChI=1S/C25H24F5NO2/c26-19-6-7-21(27)20(15-19)22(32)16-8-12-31(13-9-16)23(33)24(10-1-2-11-24)17-4-3-5-18(14-17)25(28,29)30/h3-7,14-16H,1-2,8-13H2. The Labute approximate surface area is 188 Å². The molecule has 0 radical (unpaired) electrons. The monoisotopic (exact) mass is 465 g/mol. The molecule has 1 saturated heterocycles. The summed E-state index contributed by atoms with van der Waals surface area (Å²) >= 11 is 0. The number of ketones is 1. The molecule has 33 heavy (non-hydrogen) atoms. The van der Waals surface area contributed by atoms with E-state index in [-0.39, 0.29) is 24.6 Å². The first-order valence-electron chi connectivity index (χ1n) is 11.1. The minimum absolute atomic E-state index is 0.220. The van der Waals surface area contributed by atoms with Crippen molar-refractivity contribution in [2.75, 3.05) is 13.1 Å². The van der Waals surface area contributed by atoms with Crippen LogP contribution < -0.4 is 0 Å². The first kappa shape index (κ1) is 23.4. The van der Waals surface area contributed by atoms with Crippen LogP contribution in [0.25, 0.3) is 0 Å². The summed E-state index contributed by atoms with van der Waals surface area (Å²) in [6.45, 7) is 0.486. The van der Waals surface area contributed by atoms with E-state index in [0.717, 1.165) is 43.2 Å². The van der Waals surface area contributed by atoms with Gasteiger partial charge in [0.2, 0.25) is 5.91 Å². The van der Waals surface area contributed by atoms with Gasteiger partial charge in [-0.1, -0.05) is 31.0 Å². The third-order valence-corrected chi connectivity index (χ3v) is 6.96. The van der Waals surface area contributed by atoms with Gasteiger partial charge in [-0.3, -0.25) is 9.59 Å². The summed E-state index contributed by atoms with van der Waals surface area (Å²) in [5, 5.41) is 0. The smallest absolute Gasteiger partial charge is 0.342 e. The van der Waals surface area contributed by atoms with Crippen LogP contribution in [-0.2, 0) is 16.4 Å². The summed E-state index contributed by atoms with van der Waals surface area (Å²) in [6, 6.07) is 7.75. The molecule has 0 aromatic heterocycles. The van der Waals surface area contributed by atoms with Gasteiger partial charge in [-0.15, -0.1) is 0 Å². The second kappa shape index (κ2) is 8.88. The number of carbonyl (C=O) groups is 2. The van der Waals surface area contributed by atoms with Crippen LogP contribution in [0.15, 0.2) is 42.5 Å². The number of piperidine rings is 1. The van der Waals surface area contributed by atoms with Crippen molar-refractivity contribution < 1.29 is 31.5 Å². The second-order valence-electron chi connectivity index (χ2n) is 8.92. The molecule has 176 valence electrons. The van der Waals surface area contributed by atoms with E-state index >= 15 is 0 Å². The summed E-state index contributed by atoms with van der Waals surface area (Å²) in [5.41, 5.74) is -1.70. The van der Waals surface area contributed by atoms with Crippen molar-refractivity contribution >= 4 is 11.7 Å². The van der Waals surface area contributed by atoms with E-state index in [9.17, 15) is 31.5 Å². The summed E-state index contributed by atoms with van der Waals surface area (Å²) in [7, 11) is 0. The van der Waals surface area contributed by atoms with Gasteiger partial charge < -0.3 is 4.90 Å². The predicted molar refractivity (Wildman–Crippen MR) is 112 cm³/mol. The van der Waals surface area contributed by atoms with Gasteiger partial charge in [0.25, 0.3) is 0 Å². The fraction of sp³-hybridized carbons (Fsp3) is 0.440. The van der Waals surface area contributed by atoms with Gasteiger partial charge in [-0.25, -0.2) is 8.78 Å².